The van der Waals surface area contributed by atoms with Crippen LogP contribution in [0.5, 0.6) is 0 Å². The van der Waals surface area contributed by atoms with E-state index in [9.17, 15) is 14.4 Å². The lowest BCUT2D eigenvalue weighted by Gasteiger charge is -2.09. The minimum atomic E-state index is -1.23. The van der Waals surface area contributed by atoms with Crippen LogP contribution < -0.4 is 10.9 Å². The highest BCUT2D eigenvalue weighted by Gasteiger charge is 2.17. The van der Waals surface area contributed by atoms with E-state index in [4.69, 9.17) is 5.11 Å². The van der Waals surface area contributed by atoms with Gasteiger partial charge in [-0.2, -0.15) is 0 Å². The molecule has 1 heterocycles. The Bertz CT molecular complexity index is 800. The molecule has 0 fully saturated rings. The first-order valence-electron chi connectivity index (χ1n) is 6.48. The predicted octanol–water partition coefficient (Wildman–Crippen LogP) is 1.06. The van der Waals surface area contributed by atoms with Gasteiger partial charge in [-0.15, -0.1) is 0 Å². The van der Waals surface area contributed by atoms with E-state index in [0.717, 1.165) is 11.8 Å². The summed E-state index contributed by atoms with van der Waals surface area (Å²) in [6.07, 6.45) is 1.57. The summed E-state index contributed by atoms with van der Waals surface area (Å²) in [5.74, 6) is -1.91. The molecule has 0 saturated carbocycles. The Morgan fingerprint density at radius 1 is 1.18 bits per heavy atom. The lowest BCUT2D eigenvalue weighted by molar-refractivity contribution is -0.131. The average Bonchev–Trinajstić information content (AvgIpc) is 2.70. The van der Waals surface area contributed by atoms with Crippen molar-refractivity contribution in [3.8, 4) is 5.69 Å². The van der Waals surface area contributed by atoms with Crippen molar-refractivity contribution in [2.24, 2.45) is 7.05 Å². The molecule has 7 nitrogen and oxygen atoms in total. The minimum absolute atomic E-state index is 0.117. The molecule has 1 amide bonds. The fourth-order valence-electron chi connectivity index (χ4n) is 2.13. The maximum Gasteiger partial charge on any atom is 0.328 e. The van der Waals surface area contributed by atoms with Crippen LogP contribution in [0.1, 0.15) is 5.69 Å². The monoisotopic (exact) mass is 301 g/mol. The number of nitrogens with one attached hydrogen (secondary N) is 1. The fraction of sp³-hybridized carbons (Fsp3) is 0.133. The van der Waals surface area contributed by atoms with Gasteiger partial charge in [0, 0.05) is 19.2 Å². The molecule has 7 heteroatoms. The molecule has 0 radical (unpaired) electrons. The van der Waals surface area contributed by atoms with Gasteiger partial charge < -0.3 is 10.4 Å². The summed E-state index contributed by atoms with van der Waals surface area (Å²) in [6.45, 7) is 1.70. The highest BCUT2D eigenvalue weighted by molar-refractivity contribution is 6.02. The van der Waals surface area contributed by atoms with Gasteiger partial charge in [-0.3, -0.25) is 14.3 Å². The number of carbonyl (C=O) groups is 2. The van der Waals surface area contributed by atoms with Crippen LogP contribution in [-0.4, -0.2) is 26.3 Å². The minimum Gasteiger partial charge on any atom is -0.478 e. The van der Waals surface area contributed by atoms with Gasteiger partial charge in [0.25, 0.3) is 5.56 Å². The molecule has 22 heavy (non-hydrogen) atoms. The molecular formula is C15H15N3O4. The number of hydrogen-bond acceptors (Lipinski definition) is 3. The summed E-state index contributed by atoms with van der Waals surface area (Å²) < 4.78 is 3.04. The summed E-state index contributed by atoms with van der Waals surface area (Å²) in [6, 6.07) is 9.21. The van der Waals surface area contributed by atoms with Crippen LogP contribution >= 0.6 is 0 Å². The third-order valence-corrected chi connectivity index (χ3v) is 3.11. The summed E-state index contributed by atoms with van der Waals surface area (Å²) >= 11 is 0. The Morgan fingerprint density at radius 2 is 1.82 bits per heavy atom. The number of carboxylic acids is 1. The smallest absolute Gasteiger partial charge is 0.328 e. The van der Waals surface area contributed by atoms with E-state index in [1.165, 1.54) is 4.68 Å². The number of nitrogens with zero attached hydrogens (tertiary/aromatic N) is 2. The Balaban J connectivity index is 2.41. The largest absolute Gasteiger partial charge is 0.478 e. The van der Waals surface area contributed by atoms with Gasteiger partial charge in [0.05, 0.1) is 11.4 Å². The molecule has 1 aromatic carbocycles. The third-order valence-electron chi connectivity index (χ3n) is 3.11. The van der Waals surface area contributed by atoms with Gasteiger partial charge in [0.2, 0.25) is 5.91 Å². The third kappa shape index (κ3) is 2.98. The zero-order valence-corrected chi connectivity index (χ0v) is 12.1. The van der Waals surface area contributed by atoms with Crippen LogP contribution in [0.25, 0.3) is 5.69 Å². The number of aliphatic carboxylic acids is 1. The molecule has 0 unspecified atom stereocenters. The van der Waals surface area contributed by atoms with Crippen LogP contribution in [0.3, 0.4) is 0 Å². The first-order chi connectivity index (χ1) is 10.4. The zero-order valence-electron chi connectivity index (χ0n) is 12.1. The number of anilines is 1. The van der Waals surface area contributed by atoms with Crippen LogP contribution in [-0.2, 0) is 16.6 Å². The Labute approximate surface area is 126 Å². The number of para-hydroxylation sites is 1. The number of hydrogen-bond donors (Lipinski definition) is 2. The number of rotatable bonds is 4. The molecule has 0 atom stereocenters. The molecule has 0 aliphatic heterocycles. The molecule has 0 aliphatic rings. The van der Waals surface area contributed by atoms with Crippen LogP contribution in [0.4, 0.5) is 5.69 Å². The predicted molar refractivity (Wildman–Crippen MR) is 81.2 cm³/mol. The average molecular weight is 301 g/mol. The summed E-state index contributed by atoms with van der Waals surface area (Å²) in [4.78, 5) is 34.3. The van der Waals surface area contributed by atoms with Crippen molar-refractivity contribution in [3.63, 3.8) is 0 Å². The van der Waals surface area contributed by atoms with E-state index in [-0.39, 0.29) is 11.2 Å². The van der Waals surface area contributed by atoms with Crippen LogP contribution in [0.15, 0.2) is 47.3 Å². The van der Waals surface area contributed by atoms with Gasteiger partial charge in [-0.1, -0.05) is 18.2 Å². The molecule has 0 bridgehead atoms. The number of carbonyl (C=O) groups excluding carboxylic acids is 1. The van der Waals surface area contributed by atoms with Crippen molar-refractivity contribution in [2.75, 3.05) is 5.32 Å². The maximum absolute atomic E-state index is 12.2. The number of carboxylic acid groups (broad SMARTS) is 1. The highest BCUT2D eigenvalue weighted by Crippen LogP contribution is 2.16. The standard InChI is InChI=1S/C15H15N3O4/c1-10-14(16-12(19)8-9-13(20)21)15(22)17(2)18(10)11-6-4-3-5-7-11/h3-9H,1-2H3,(H,16,19)(H,20,21)/b9-8+. The first kappa shape index (κ1) is 15.3. The normalized spacial score (nSPS) is 10.8. The molecule has 0 aliphatic carbocycles. The quantitative estimate of drug-likeness (QED) is 0.826. The van der Waals surface area contributed by atoms with E-state index in [1.807, 2.05) is 30.3 Å². The van der Waals surface area contributed by atoms with Gasteiger partial charge in [-0.25, -0.2) is 9.48 Å². The van der Waals surface area contributed by atoms with E-state index in [1.54, 1.807) is 18.7 Å². The van der Waals surface area contributed by atoms with Crippen molar-refractivity contribution >= 4 is 17.6 Å². The topological polar surface area (TPSA) is 93.3 Å². The van der Waals surface area contributed by atoms with Gasteiger partial charge >= 0.3 is 5.97 Å². The van der Waals surface area contributed by atoms with Crippen molar-refractivity contribution in [3.05, 3.63) is 58.5 Å². The second-order valence-electron chi connectivity index (χ2n) is 4.60. The Kier molecular flexibility index (Phi) is 4.26. The van der Waals surface area contributed by atoms with Gasteiger partial charge in [-0.05, 0) is 19.1 Å². The Hall–Kier alpha value is -3.09. The lowest BCUT2D eigenvalue weighted by atomic mass is 10.3. The first-order valence-corrected chi connectivity index (χ1v) is 6.48. The molecule has 2 N–H and O–H groups in total. The van der Waals surface area contributed by atoms with Gasteiger partial charge in [0.15, 0.2) is 0 Å². The number of amides is 1. The molecule has 114 valence electrons. The summed E-state index contributed by atoms with van der Waals surface area (Å²) in [5, 5.41) is 10.9. The summed E-state index contributed by atoms with van der Waals surface area (Å²) in [7, 11) is 1.59. The second-order valence-corrected chi connectivity index (χ2v) is 4.60. The molecular weight excluding hydrogens is 286 g/mol. The van der Waals surface area contributed by atoms with Crippen molar-refractivity contribution in [2.45, 2.75) is 6.92 Å². The van der Waals surface area contributed by atoms with Crippen molar-refractivity contribution < 1.29 is 14.7 Å². The zero-order chi connectivity index (χ0) is 16.3. The SMILES string of the molecule is Cc1c(NC(=O)/C=C/C(=O)O)c(=O)n(C)n1-c1ccccc1. The number of aromatic nitrogens is 2. The highest BCUT2D eigenvalue weighted by atomic mass is 16.4. The van der Waals surface area contributed by atoms with E-state index >= 15 is 0 Å². The van der Waals surface area contributed by atoms with E-state index in [2.05, 4.69) is 5.32 Å². The lowest BCUT2D eigenvalue weighted by Crippen LogP contribution is -2.21. The van der Waals surface area contributed by atoms with Crippen molar-refractivity contribution in [1.29, 1.82) is 0 Å². The van der Waals surface area contributed by atoms with Crippen LogP contribution in [0.2, 0.25) is 0 Å². The van der Waals surface area contributed by atoms with Crippen molar-refractivity contribution in [1.82, 2.24) is 9.36 Å². The fourth-order valence-corrected chi connectivity index (χ4v) is 2.13. The molecule has 2 rings (SSSR count). The number of benzene rings is 1. The Morgan fingerprint density at radius 3 is 2.41 bits per heavy atom. The van der Waals surface area contributed by atoms with E-state index < -0.39 is 11.9 Å². The van der Waals surface area contributed by atoms with Gasteiger partial charge in [0.1, 0.15) is 5.69 Å². The van der Waals surface area contributed by atoms with Crippen LogP contribution in [0, 0.1) is 6.92 Å². The van der Waals surface area contributed by atoms with E-state index in [0.29, 0.717) is 11.8 Å². The molecule has 2 aromatic rings. The molecule has 1 aromatic heterocycles. The summed E-state index contributed by atoms with van der Waals surface area (Å²) in [5.41, 5.74) is 1.07. The maximum atomic E-state index is 12.2. The second kappa shape index (κ2) is 6.13. The molecule has 0 spiro atoms. The molecule has 0 saturated heterocycles.